The summed E-state index contributed by atoms with van der Waals surface area (Å²) >= 11 is 7.34. The molecule has 1 aliphatic heterocycles. The Balaban J connectivity index is 1.93. The Kier molecular flexibility index (Phi) is 5.28. The fourth-order valence-corrected chi connectivity index (χ4v) is 8.01. The van der Waals surface area contributed by atoms with E-state index in [2.05, 4.69) is 0 Å². The molecule has 0 N–H and O–H groups in total. The van der Waals surface area contributed by atoms with E-state index in [4.69, 9.17) is 11.6 Å². The average Bonchev–Trinajstić information content (AvgIpc) is 3.00. The Morgan fingerprint density at radius 3 is 2.68 bits per heavy atom. The predicted octanol–water partition coefficient (Wildman–Crippen LogP) is 3.26. The lowest BCUT2D eigenvalue weighted by Gasteiger charge is -2.21. The Bertz CT molecular complexity index is 969. The third kappa shape index (κ3) is 3.78. The summed E-state index contributed by atoms with van der Waals surface area (Å²) in [5, 5.41) is 1.52. The molecule has 0 saturated carbocycles. The Hall–Kier alpha value is -0.930. The van der Waals surface area contributed by atoms with Crippen LogP contribution in [-0.4, -0.2) is 40.0 Å². The minimum Gasteiger partial charge on any atom is -0.228 e. The summed E-state index contributed by atoms with van der Waals surface area (Å²) in [4.78, 5) is 0.894. The van der Waals surface area contributed by atoms with Gasteiger partial charge >= 0.3 is 0 Å². The fourth-order valence-electron chi connectivity index (χ4n) is 2.95. The first-order chi connectivity index (χ1) is 11.7. The summed E-state index contributed by atoms with van der Waals surface area (Å²) in [5.74, 6) is -0.186. The van der Waals surface area contributed by atoms with E-state index in [9.17, 15) is 16.8 Å². The summed E-state index contributed by atoms with van der Waals surface area (Å²) in [7, 11) is -7.19. The Morgan fingerprint density at radius 1 is 1.24 bits per heavy atom. The molecule has 0 radical (unpaired) electrons. The van der Waals surface area contributed by atoms with Gasteiger partial charge in [0.25, 0.3) is 0 Å². The molecule has 0 spiro atoms. The highest BCUT2D eigenvalue weighted by Gasteiger charge is 2.36. The Morgan fingerprint density at radius 2 is 2.00 bits per heavy atom. The maximum Gasteiger partial charge on any atom is 0.243 e. The van der Waals surface area contributed by atoms with Crippen LogP contribution in [-0.2, 0) is 19.9 Å². The smallest absolute Gasteiger partial charge is 0.228 e. The summed E-state index contributed by atoms with van der Waals surface area (Å²) in [6.07, 6.45) is 0.252. The van der Waals surface area contributed by atoms with Crippen LogP contribution in [0.4, 0.5) is 0 Å². The summed E-state index contributed by atoms with van der Waals surface area (Å²) in [6, 6.07) is 8.30. The number of sulfonamides is 1. The van der Waals surface area contributed by atoms with E-state index < -0.39 is 25.1 Å². The highest BCUT2D eigenvalue weighted by atomic mass is 35.5. The van der Waals surface area contributed by atoms with Crippen molar-refractivity contribution in [2.24, 2.45) is 0 Å². The average molecular weight is 420 g/mol. The molecule has 136 valence electrons. The lowest BCUT2D eigenvalue weighted by atomic mass is 10.2. The topological polar surface area (TPSA) is 71.5 Å². The molecule has 1 unspecified atom stereocenters. The van der Waals surface area contributed by atoms with Gasteiger partial charge in [-0.1, -0.05) is 23.7 Å². The van der Waals surface area contributed by atoms with E-state index in [1.807, 2.05) is 11.4 Å². The van der Waals surface area contributed by atoms with Crippen molar-refractivity contribution < 1.29 is 16.8 Å². The van der Waals surface area contributed by atoms with E-state index >= 15 is 0 Å². The first kappa shape index (κ1) is 18.8. The minimum atomic E-state index is -3.79. The van der Waals surface area contributed by atoms with Crippen LogP contribution in [0.1, 0.15) is 22.1 Å². The highest BCUT2D eigenvalue weighted by Crippen LogP contribution is 2.34. The van der Waals surface area contributed by atoms with Crippen LogP contribution in [0.25, 0.3) is 0 Å². The van der Waals surface area contributed by atoms with Crippen LogP contribution in [0.2, 0.25) is 5.02 Å². The van der Waals surface area contributed by atoms with Crippen molar-refractivity contribution in [1.82, 2.24) is 4.31 Å². The van der Waals surface area contributed by atoms with E-state index in [0.29, 0.717) is 10.6 Å². The van der Waals surface area contributed by atoms with Crippen molar-refractivity contribution in [1.29, 1.82) is 0 Å². The van der Waals surface area contributed by atoms with Gasteiger partial charge < -0.3 is 0 Å². The molecule has 0 aliphatic carbocycles. The monoisotopic (exact) mass is 419 g/mol. The number of rotatable bonds is 3. The van der Waals surface area contributed by atoms with Gasteiger partial charge in [-0.25, -0.2) is 16.8 Å². The molecule has 1 aromatic heterocycles. The zero-order chi connectivity index (χ0) is 18.2. The van der Waals surface area contributed by atoms with Crippen LogP contribution in [0.3, 0.4) is 0 Å². The zero-order valence-corrected chi connectivity index (χ0v) is 16.8. The van der Waals surface area contributed by atoms with Crippen LogP contribution >= 0.6 is 22.9 Å². The minimum absolute atomic E-state index is 0.0432. The van der Waals surface area contributed by atoms with Crippen molar-refractivity contribution in [2.75, 3.05) is 18.8 Å². The molecule has 1 aromatic carbocycles. The molecule has 3 rings (SSSR count). The number of thiophene rings is 1. The van der Waals surface area contributed by atoms with Gasteiger partial charge in [0.2, 0.25) is 10.0 Å². The molecular weight excluding hydrogens is 402 g/mol. The second-order valence-corrected chi connectivity index (χ2v) is 11.6. The van der Waals surface area contributed by atoms with Crippen molar-refractivity contribution >= 4 is 42.8 Å². The third-order valence-electron chi connectivity index (χ3n) is 4.33. The maximum absolute atomic E-state index is 13.0. The number of aryl methyl sites for hydroxylation is 1. The Labute approximate surface area is 157 Å². The van der Waals surface area contributed by atoms with Gasteiger partial charge in [-0.05, 0) is 42.5 Å². The maximum atomic E-state index is 13.0. The van der Waals surface area contributed by atoms with E-state index in [0.717, 1.165) is 4.88 Å². The standard InChI is InChI=1S/C16H18ClNO4S3/c1-12-4-5-13(17)11-16(12)25(21,22)18-7-6-15(14-3-2-9-23-14)24(19,20)10-8-18/h2-5,9,11,15H,6-8,10H2,1H3. The molecule has 5 nitrogen and oxygen atoms in total. The first-order valence-electron chi connectivity index (χ1n) is 7.73. The molecule has 2 heterocycles. The second-order valence-electron chi connectivity index (χ2n) is 5.97. The predicted molar refractivity (Wildman–Crippen MR) is 100 cm³/mol. The van der Waals surface area contributed by atoms with Gasteiger partial charge in [0.1, 0.15) is 0 Å². The van der Waals surface area contributed by atoms with Crippen molar-refractivity contribution in [3.05, 3.63) is 51.2 Å². The second kappa shape index (κ2) is 7.00. The van der Waals surface area contributed by atoms with Gasteiger partial charge in [0.15, 0.2) is 9.84 Å². The van der Waals surface area contributed by atoms with Gasteiger partial charge in [-0.3, -0.25) is 0 Å². The number of hydrogen-bond acceptors (Lipinski definition) is 5. The molecule has 0 amide bonds. The molecule has 1 aliphatic rings. The van der Waals surface area contributed by atoms with E-state index in [1.165, 1.54) is 21.7 Å². The zero-order valence-electron chi connectivity index (χ0n) is 13.6. The van der Waals surface area contributed by atoms with Gasteiger partial charge in [-0.2, -0.15) is 4.31 Å². The molecule has 2 aromatic rings. The van der Waals surface area contributed by atoms with Crippen LogP contribution < -0.4 is 0 Å². The summed E-state index contributed by atoms with van der Waals surface area (Å²) in [6.45, 7) is 1.82. The van der Waals surface area contributed by atoms with Gasteiger partial charge in [0, 0.05) is 23.0 Å². The fraction of sp³-hybridized carbons (Fsp3) is 0.375. The van der Waals surface area contributed by atoms with Gasteiger partial charge in [0.05, 0.1) is 15.9 Å². The summed E-state index contributed by atoms with van der Waals surface area (Å²) < 4.78 is 52.4. The molecule has 1 saturated heterocycles. The van der Waals surface area contributed by atoms with Crippen LogP contribution in [0, 0.1) is 6.92 Å². The van der Waals surface area contributed by atoms with Gasteiger partial charge in [-0.15, -0.1) is 11.3 Å². The lowest BCUT2D eigenvalue weighted by Crippen LogP contribution is -2.34. The van der Waals surface area contributed by atoms with E-state index in [-0.39, 0.29) is 30.2 Å². The number of sulfone groups is 1. The largest absolute Gasteiger partial charge is 0.243 e. The molecule has 25 heavy (non-hydrogen) atoms. The highest BCUT2D eigenvalue weighted by molar-refractivity contribution is 7.92. The van der Waals surface area contributed by atoms with Crippen molar-refractivity contribution in [3.63, 3.8) is 0 Å². The third-order valence-corrected chi connectivity index (χ3v) is 9.85. The molecule has 1 fully saturated rings. The van der Waals surface area contributed by atoms with Crippen LogP contribution in [0.15, 0.2) is 40.6 Å². The number of benzene rings is 1. The number of nitrogens with zero attached hydrogens (tertiary/aromatic N) is 1. The number of hydrogen-bond donors (Lipinski definition) is 0. The van der Waals surface area contributed by atoms with Crippen LogP contribution in [0.5, 0.6) is 0 Å². The SMILES string of the molecule is Cc1ccc(Cl)cc1S(=O)(=O)N1CCC(c2cccs2)S(=O)(=O)CC1. The van der Waals surface area contributed by atoms with E-state index in [1.54, 1.807) is 25.1 Å². The first-order valence-corrected chi connectivity index (χ1v) is 12.1. The van der Waals surface area contributed by atoms with Crippen molar-refractivity contribution in [2.45, 2.75) is 23.5 Å². The normalized spacial score (nSPS) is 21.8. The number of halogens is 1. The molecule has 0 bridgehead atoms. The summed E-state index contributed by atoms with van der Waals surface area (Å²) in [5.41, 5.74) is 0.589. The molecular formula is C16H18ClNO4S3. The van der Waals surface area contributed by atoms with Crippen molar-refractivity contribution in [3.8, 4) is 0 Å². The molecule has 1 atom stereocenters. The molecule has 9 heteroatoms. The lowest BCUT2D eigenvalue weighted by molar-refractivity contribution is 0.428. The quantitative estimate of drug-likeness (QED) is 0.765.